The van der Waals surface area contributed by atoms with Crippen LogP contribution in [0.3, 0.4) is 0 Å². The Labute approximate surface area is 137 Å². The molecule has 3 rings (SSSR count). The molecule has 0 bridgehead atoms. The van der Waals surface area contributed by atoms with E-state index in [2.05, 4.69) is 41.3 Å². The summed E-state index contributed by atoms with van der Waals surface area (Å²) in [7, 11) is 0. The van der Waals surface area contributed by atoms with Crippen LogP contribution in [-0.2, 0) is 6.54 Å². The number of primary amides is 1. The fourth-order valence-electron chi connectivity index (χ4n) is 2.96. The average molecular weight is 306 g/mol. The highest BCUT2D eigenvalue weighted by Gasteiger charge is 2.14. The number of nitrogens with two attached hydrogens (primary N) is 1. The van der Waals surface area contributed by atoms with Gasteiger partial charge in [-0.05, 0) is 36.1 Å². The van der Waals surface area contributed by atoms with Gasteiger partial charge in [0.05, 0.1) is 0 Å². The summed E-state index contributed by atoms with van der Waals surface area (Å²) in [5.74, 6) is -0.376. The second kappa shape index (κ2) is 7.25. The maximum absolute atomic E-state index is 11.1. The minimum absolute atomic E-state index is 0.376. The number of rotatable bonds is 4. The largest absolute Gasteiger partial charge is 0.366 e. The van der Waals surface area contributed by atoms with Gasteiger partial charge in [0.2, 0.25) is 5.91 Å². The Morgan fingerprint density at radius 2 is 1.65 bits per heavy atom. The van der Waals surface area contributed by atoms with Crippen molar-refractivity contribution in [2.75, 3.05) is 13.1 Å². The third-order valence-electron chi connectivity index (χ3n) is 4.31. The van der Waals surface area contributed by atoms with Crippen molar-refractivity contribution in [1.82, 2.24) is 4.90 Å². The third kappa shape index (κ3) is 4.30. The highest BCUT2D eigenvalue weighted by Crippen LogP contribution is 2.21. The first-order valence-corrected chi connectivity index (χ1v) is 8.06. The van der Waals surface area contributed by atoms with Gasteiger partial charge in [-0.3, -0.25) is 9.69 Å². The fourth-order valence-corrected chi connectivity index (χ4v) is 2.96. The van der Waals surface area contributed by atoms with Crippen LogP contribution >= 0.6 is 0 Å². The highest BCUT2D eigenvalue weighted by molar-refractivity contribution is 5.92. The number of benzene rings is 2. The maximum Gasteiger partial charge on any atom is 0.248 e. The molecule has 0 saturated carbocycles. The summed E-state index contributed by atoms with van der Waals surface area (Å²) in [5, 5.41) is 0. The monoisotopic (exact) mass is 306 g/mol. The molecular formula is C20H22N2O. The number of carbonyl (C=O) groups excluding carboxylic acids is 1. The Morgan fingerprint density at radius 1 is 1.00 bits per heavy atom. The van der Waals surface area contributed by atoms with Gasteiger partial charge >= 0.3 is 0 Å². The van der Waals surface area contributed by atoms with Crippen LogP contribution in [0.15, 0.2) is 60.2 Å². The number of amides is 1. The molecule has 1 saturated heterocycles. The van der Waals surface area contributed by atoms with Crippen molar-refractivity contribution < 1.29 is 4.79 Å². The van der Waals surface area contributed by atoms with Gasteiger partial charge < -0.3 is 5.73 Å². The summed E-state index contributed by atoms with van der Waals surface area (Å²) in [6.07, 6.45) is 4.44. The molecule has 1 aliphatic heterocycles. The number of nitrogens with zero attached hydrogens (tertiary/aromatic N) is 1. The van der Waals surface area contributed by atoms with Crippen molar-refractivity contribution in [3.63, 3.8) is 0 Å². The molecular weight excluding hydrogens is 284 g/mol. The molecule has 118 valence electrons. The summed E-state index contributed by atoms with van der Waals surface area (Å²) in [5.41, 5.74) is 9.82. The molecule has 3 heteroatoms. The van der Waals surface area contributed by atoms with Crippen molar-refractivity contribution in [2.24, 2.45) is 5.73 Å². The van der Waals surface area contributed by atoms with Gasteiger partial charge in [0, 0.05) is 25.2 Å². The minimum Gasteiger partial charge on any atom is -0.366 e. The molecule has 2 aromatic rings. The van der Waals surface area contributed by atoms with E-state index in [1.54, 1.807) is 12.1 Å². The molecule has 1 aliphatic rings. The van der Waals surface area contributed by atoms with E-state index in [1.165, 1.54) is 11.1 Å². The van der Waals surface area contributed by atoms with E-state index in [4.69, 9.17) is 5.73 Å². The van der Waals surface area contributed by atoms with Gasteiger partial charge in [-0.2, -0.15) is 0 Å². The zero-order chi connectivity index (χ0) is 16.1. The van der Waals surface area contributed by atoms with Gasteiger partial charge in [-0.15, -0.1) is 0 Å². The molecule has 0 aliphatic carbocycles. The Hall–Kier alpha value is -2.39. The lowest BCUT2D eigenvalue weighted by molar-refractivity contribution is 0.100. The Morgan fingerprint density at radius 3 is 2.26 bits per heavy atom. The molecule has 0 atom stereocenters. The summed E-state index contributed by atoms with van der Waals surface area (Å²) in [4.78, 5) is 13.6. The zero-order valence-corrected chi connectivity index (χ0v) is 13.2. The van der Waals surface area contributed by atoms with Crippen LogP contribution < -0.4 is 5.73 Å². The number of piperidine rings is 1. The first-order valence-electron chi connectivity index (χ1n) is 8.06. The molecule has 3 nitrogen and oxygen atoms in total. The van der Waals surface area contributed by atoms with E-state index in [9.17, 15) is 4.79 Å². The topological polar surface area (TPSA) is 46.3 Å². The Kier molecular flexibility index (Phi) is 4.89. The maximum atomic E-state index is 11.1. The Bertz CT molecular complexity index is 679. The first-order chi connectivity index (χ1) is 11.2. The fraction of sp³-hybridized carbons (Fsp3) is 0.250. The van der Waals surface area contributed by atoms with Crippen LogP contribution in [0, 0.1) is 0 Å². The average Bonchev–Trinajstić information content (AvgIpc) is 2.58. The van der Waals surface area contributed by atoms with Crippen LogP contribution in [0.25, 0.3) is 6.08 Å². The van der Waals surface area contributed by atoms with Crippen LogP contribution in [0.1, 0.15) is 34.3 Å². The lowest BCUT2D eigenvalue weighted by Gasteiger charge is -2.28. The Balaban J connectivity index is 1.56. The molecule has 2 aromatic carbocycles. The minimum atomic E-state index is -0.376. The van der Waals surface area contributed by atoms with E-state index < -0.39 is 0 Å². The zero-order valence-electron chi connectivity index (χ0n) is 13.2. The quantitative estimate of drug-likeness (QED) is 0.940. The number of hydrogen-bond acceptors (Lipinski definition) is 2. The van der Waals surface area contributed by atoms with Gasteiger partial charge in [-0.1, -0.05) is 54.1 Å². The molecule has 1 amide bonds. The number of hydrogen-bond donors (Lipinski definition) is 1. The van der Waals surface area contributed by atoms with Gasteiger partial charge in [0.25, 0.3) is 0 Å². The molecule has 0 unspecified atom stereocenters. The number of likely N-dealkylation sites (tertiary alicyclic amines) is 1. The highest BCUT2D eigenvalue weighted by atomic mass is 16.1. The van der Waals surface area contributed by atoms with Crippen LogP contribution in [0.4, 0.5) is 0 Å². The SMILES string of the molecule is NC(=O)c1ccc(C=C2CCN(Cc3ccccc3)CC2)cc1. The molecule has 1 heterocycles. The lowest BCUT2D eigenvalue weighted by Crippen LogP contribution is -2.30. The number of carbonyl (C=O) groups is 1. The molecule has 0 aromatic heterocycles. The third-order valence-corrected chi connectivity index (χ3v) is 4.31. The van der Waals surface area contributed by atoms with Crippen molar-refractivity contribution in [1.29, 1.82) is 0 Å². The van der Waals surface area contributed by atoms with Crippen LogP contribution in [0.2, 0.25) is 0 Å². The van der Waals surface area contributed by atoms with Crippen molar-refractivity contribution >= 4 is 12.0 Å². The molecule has 1 fully saturated rings. The standard InChI is InChI=1S/C20H22N2O/c21-20(23)19-8-6-16(7-9-19)14-17-10-12-22(13-11-17)15-18-4-2-1-3-5-18/h1-9,14H,10-13,15H2,(H2,21,23). The summed E-state index contributed by atoms with van der Waals surface area (Å²) >= 11 is 0. The van der Waals surface area contributed by atoms with Gasteiger partial charge in [-0.25, -0.2) is 0 Å². The second-order valence-corrected chi connectivity index (χ2v) is 6.05. The van der Waals surface area contributed by atoms with Gasteiger partial charge in [0.15, 0.2) is 0 Å². The lowest BCUT2D eigenvalue weighted by atomic mass is 10.00. The van der Waals surface area contributed by atoms with Crippen molar-refractivity contribution in [3.8, 4) is 0 Å². The van der Waals surface area contributed by atoms with E-state index in [0.717, 1.165) is 38.0 Å². The summed E-state index contributed by atoms with van der Waals surface area (Å²) in [6.45, 7) is 3.22. The van der Waals surface area contributed by atoms with E-state index in [0.29, 0.717) is 5.56 Å². The summed E-state index contributed by atoms with van der Waals surface area (Å²) < 4.78 is 0. The van der Waals surface area contributed by atoms with E-state index >= 15 is 0 Å². The van der Waals surface area contributed by atoms with Crippen LogP contribution in [-0.4, -0.2) is 23.9 Å². The predicted octanol–water partition coefficient (Wildman–Crippen LogP) is 3.46. The predicted molar refractivity (Wildman–Crippen MR) is 93.9 cm³/mol. The van der Waals surface area contributed by atoms with Crippen molar-refractivity contribution in [3.05, 3.63) is 76.9 Å². The molecule has 0 radical (unpaired) electrons. The molecule has 2 N–H and O–H groups in total. The normalized spacial score (nSPS) is 15.4. The smallest absolute Gasteiger partial charge is 0.248 e. The van der Waals surface area contributed by atoms with Crippen LogP contribution in [0.5, 0.6) is 0 Å². The van der Waals surface area contributed by atoms with Crippen molar-refractivity contribution in [2.45, 2.75) is 19.4 Å². The first kappa shape index (κ1) is 15.5. The molecule has 23 heavy (non-hydrogen) atoms. The molecule has 0 spiro atoms. The second-order valence-electron chi connectivity index (χ2n) is 6.05. The van der Waals surface area contributed by atoms with E-state index in [1.807, 2.05) is 12.1 Å². The van der Waals surface area contributed by atoms with Gasteiger partial charge in [0.1, 0.15) is 0 Å². The summed E-state index contributed by atoms with van der Waals surface area (Å²) in [6, 6.07) is 18.1. The van der Waals surface area contributed by atoms with E-state index in [-0.39, 0.29) is 5.91 Å².